The number of carboxylic acid groups (broad SMARTS) is 1. The van der Waals surface area contributed by atoms with Crippen LogP contribution in [0.3, 0.4) is 0 Å². The zero-order chi connectivity index (χ0) is 15.8. The second kappa shape index (κ2) is 7.88. The molecule has 114 valence electrons. The second-order valence-electron chi connectivity index (χ2n) is 4.44. The Hall–Kier alpha value is -2.57. The summed E-state index contributed by atoms with van der Waals surface area (Å²) in [6, 6.07) is 8.08. The zero-order valence-electron chi connectivity index (χ0n) is 12.1. The van der Waals surface area contributed by atoms with Crippen LogP contribution < -0.4 is 10.2 Å². The van der Waals surface area contributed by atoms with Gasteiger partial charge < -0.3 is 15.3 Å². The van der Waals surface area contributed by atoms with E-state index in [9.17, 15) is 14.4 Å². The number of nitrogens with zero attached hydrogens (tertiary/aromatic N) is 2. The lowest BCUT2D eigenvalue weighted by atomic mass is 10.3. The van der Waals surface area contributed by atoms with Crippen molar-refractivity contribution in [2.75, 3.05) is 32.1 Å². The number of anilines is 1. The summed E-state index contributed by atoms with van der Waals surface area (Å²) in [6.07, 6.45) is 0.161. The number of carboxylic acids is 1. The van der Waals surface area contributed by atoms with Crippen molar-refractivity contribution in [1.82, 2.24) is 10.2 Å². The first kappa shape index (κ1) is 16.5. The molecule has 1 aromatic carbocycles. The lowest BCUT2D eigenvalue weighted by molar-refractivity contribution is -0.135. The van der Waals surface area contributed by atoms with Gasteiger partial charge in [0.2, 0.25) is 5.91 Å². The SMILES string of the molecule is CNC(=O)CCN(C)C(=O)N(CC(=O)O)c1ccccc1. The van der Waals surface area contributed by atoms with Crippen molar-refractivity contribution in [3.05, 3.63) is 30.3 Å². The fraction of sp³-hybridized carbons (Fsp3) is 0.357. The summed E-state index contributed by atoms with van der Waals surface area (Å²) in [5.41, 5.74) is 0.497. The number of hydrogen-bond acceptors (Lipinski definition) is 3. The van der Waals surface area contributed by atoms with Crippen LogP contribution >= 0.6 is 0 Å². The molecule has 0 spiro atoms. The second-order valence-corrected chi connectivity index (χ2v) is 4.44. The average Bonchev–Trinajstić information content (AvgIpc) is 2.49. The van der Waals surface area contributed by atoms with E-state index < -0.39 is 18.5 Å². The highest BCUT2D eigenvalue weighted by molar-refractivity contribution is 5.96. The van der Waals surface area contributed by atoms with Gasteiger partial charge in [-0.15, -0.1) is 0 Å². The molecule has 0 atom stereocenters. The van der Waals surface area contributed by atoms with E-state index in [1.165, 1.54) is 19.0 Å². The Kier molecular flexibility index (Phi) is 6.19. The molecule has 0 aliphatic carbocycles. The summed E-state index contributed by atoms with van der Waals surface area (Å²) >= 11 is 0. The highest BCUT2D eigenvalue weighted by Gasteiger charge is 2.22. The van der Waals surface area contributed by atoms with Crippen molar-refractivity contribution in [1.29, 1.82) is 0 Å². The van der Waals surface area contributed by atoms with Crippen molar-refractivity contribution >= 4 is 23.6 Å². The third-order valence-electron chi connectivity index (χ3n) is 2.87. The van der Waals surface area contributed by atoms with E-state index in [-0.39, 0.29) is 18.9 Å². The average molecular weight is 293 g/mol. The molecule has 0 fully saturated rings. The van der Waals surface area contributed by atoms with E-state index in [0.29, 0.717) is 5.69 Å². The van der Waals surface area contributed by atoms with Gasteiger partial charge >= 0.3 is 12.0 Å². The van der Waals surface area contributed by atoms with Crippen molar-refractivity contribution < 1.29 is 19.5 Å². The number of nitrogens with one attached hydrogen (secondary N) is 1. The predicted octanol–water partition coefficient (Wildman–Crippen LogP) is 0.766. The van der Waals surface area contributed by atoms with Crippen molar-refractivity contribution in [3.8, 4) is 0 Å². The van der Waals surface area contributed by atoms with Gasteiger partial charge in [-0.3, -0.25) is 14.5 Å². The molecule has 0 heterocycles. The molecule has 7 nitrogen and oxygen atoms in total. The molecule has 2 N–H and O–H groups in total. The molecule has 0 saturated carbocycles. The molecule has 0 aromatic heterocycles. The van der Waals surface area contributed by atoms with Crippen LogP contribution in [0.25, 0.3) is 0 Å². The smallest absolute Gasteiger partial charge is 0.324 e. The maximum absolute atomic E-state index is 12.3. The Labute approximate surface area is 123 Å². The number of para-hydroxylation sites is 1. The van der Waals surface area contributed by atoms with E-state index in [2.05, 4.69) is 5.32 Å². The fourth-order valence-electron chi connectivity index (χ4n) is 1.71. The Morgan fingerprint density at radius 2 is 1.81 bits per heavy atom. The molecule has 21 heavy (non-hydrogen) atoms. The van der Waals surface area contributed by atoms with Gasteiger partial charge in [-0.25, -0.2) is 4.79 Å². The summed E-state index contributed by atoms with van der Waals surface area (Å²) in [7, 11) is 3.05. The first-order valence-electron chi connectivity index (χ1n) is 6.45. The highest BCUT2D eigenvalue weighted by Crippen LogP contribution is 2.15. The highest BCUT2D eigenvalue weighted by atomic mass is 16.4. The van der Waals surface area contributed by atoms with Crippen LogP contribution in [-0.4, -0.2) is 55.1 Å². The molecule has 1 aromatic rings. The Morgan fingerprint density at radius 1 is 1.19 bits per heavy atom. The largest absolute Gasteiger partial charge is 0.480 e. The first-order chi connectivity index (χ1) is 9.95. The van der Waals surface area contributed by atoms with E-state index in [1.54, 1.807) is 30.3 Å². The molecule has 0 radical (unpaired) electrons. The van der Waals surface area contributed by atoms with Crippen molar-refractivity contribution in [2.24, 2.45) is 0 Å². The maximum Gasteiger partial charge on any atom is 0.324 e. The summed E-state index contributed by atoms with van der Waals surface area (Å²) in [5, 5.41) is 11.4. The van der Waals surface area contributed by atoms with Crippen LogP contribution in [0.15, 0.2) is 30.3 Å². The molecule has 0 aliphatic rings. The number of hydrogen-bond donors (Lipinski definition) is 2. The van der Waals surface area contributed by atoms with Gasteiger partial charge in [0.15, 0.2) is 0 Å². The lowest BCUT2D eigenvalue weighted by Crippen LogP contribution is -2.44. The summed E-state index contributed by atoms with van der Waals surface area (Å²) in [5.74, 6) is -1.29. The lowest BCUT2D eigenvalue weighted by Gasteiger charge is -2.27. The van der Waals surface area contributed by atoms with Crippen molar-refractivity contribution in [2.45, 2.75) is 6.42 Å². The van der Waals surface area contributed by atoms with Gasteiger partial charge in [0.1, 0.15) is 6.54 Å². The van der Waals surface area contributed by atoms with E-state index in [1.807, 2.05) is 0 Å². The van der Waals surface area contributed by atoms with Crippen LogP contribution in [0.4, 0.5) is 10.5 Å². The van der Waals surface area contributed by atoms with Gasteiger partial charge in [0, 0.05) is 32.7 Å². The number of amides is 3. The third kappa shape index (κ3) is 5.13. The Balaban J connectivity index is 2.80. The molecule has 0 saturated heterocycles. The normalized spacial score (nSPS) is 9.81. The topological polar surface area (TPSA) is 90.0 Å². The van der Waals surface area contributed by atoms with Gasteiger partial charge in [-0.1, -0.05) is 18.2 Å². The zero-order valence-corrected chi connectivity index (χ0v) is 12.1. The number of rotatable bonds is 6. The molecule has 0 bridgehead atoms. The van der Waals surface area contributed by atoms with Gasteiger partial charge in [0.25, 0.3) is 0 Å². The maximum atomic E-state index is 12.3. The van der Waals surface area contributed by atoms with Gasteiger partial charge in [0.05, 0.1) is 0 Å². The van der Waals surface area contributed by atoms with Crippen molar-refractivity contribution in [3.63, 3.8) is 0 Å². The minimum absolute atomic E-state index is 0.161. The number of benzene rings is 1. The monoisotopic (exact) mass is 293 g/mol. The summed E-state index contributed by atoms with van der Waals surface area (Å²) < 4.78 is 0. The molecular formula is C14H19N3O4. The van der Waals surface area contributed by atoms with E-state index in [4.69, 9.17) is 5.11 Å². The molecular weight excluding hydrogens is 274 g/mol. The van der Waals surface area contributed by atoms with Crippen LogP contribution in [0.2, 0.25) is 0 Å². The number of aliphatic carboxylic acids is 1. The van der Waals surface area contributed by atoms with E-state index in [0.717, 1.165) is 4.90 Å². The Morgan fingerprint density at radius 3 is 2.33 bits per heavy atom. The third-order valence-corrected chi connectivity index (χ3v) is 2.87. The minimum atomic E-state index is -1.10. The van der Waals surface area contributed by atoms with Crippen LogP contribution in [0.1, 0.15) is 6.42 Å². The van der Waals surface area contributed by atoms with E-state index >= 15 is 0 Å². The molecule has 0 unspecified atom stereocenters. The minimum Gasteiger partial charge on any atom is -0.480 e. The standard InChI is InChI=1S/C14H19N3O4/c1-15-12(18)8-9-16(2)14(21)17(10-13(19)20)11-6-4-3-5-7-11/h3-7H,8-10H2,1-2H3,(H,15,18)(H,19,20). The molecule has 1 rings (SSSR count). The first-order valence-corrected chi connectivity index (χ1v) is 6.45. The molecule has 0 aliphatic heterocycles. The van der Waals surface area contributed by atoms with Gasteiger partial charge in [-0.05, 0) is 12.1 Å². The molecule has 3 amide bonds. The quantitative estimate of drug-likeness (QED) is 0.810. The predicted molar refractivity (Wildman–Crippen MR) is 78.1 cm³/mol. The van der Waals surface area contributed by atoms with Crippen LogP contribution in [0, 0.1) is 0 Å². The van der Waals surface area contributed by atoms with Crippen LogP contribution in [0.5, 0.6) is 0 Å². The number of carbonyl (C=O) groups excluding carboxylic acids is 2. The fourth-order valence-corrected chi connectivity index (χ4v) is 1.71. The summed E-state index contributed by atoms with van der Waals surface area (Å²) in [4.78, 5) is 37.0. The van der Waals surface area contributed by atoms with Gasteiger partial charge in [-0.2, -0.15) is 0 Å². The summed E-state index contributed by atoms with van der Waals surface area (Å²) in [6.45, 7) is -0.228. The Bertz CT molecular complexity index is 504. The van der Waals surface area contributed by atoms with Crippen LogP contribution in [-0.2, 0) is 9.59 Å². The number of carbonyl (C=O) groups is 3. The number of urea groups is 1. The molecule has 7 heteroatoms.